The van der Waals surface area contributed by atoms with Crippen LogP contribution in [0.25, 0.3) is 22.3 Å². The molecule has 6 rings (SSSR count). The summed E-state index contributed by atoms with van der Waals surface area (Å²) in [5.41, 5.74) is 13.3. The molecule has 0 saturated carbocycles. The number of benzene rings is 5. The van der Waals surface area contributed by atoms with Crippen LogP contribution in [-0.4, -0.2) is 14.5 Å². The third-order valence-corrected chi connectivity index (χ3v) is 11.5. The van der Waals surface area contributed by atoms with E-state index in [9.17, 15) is 27.1 Å². The molecule has 0 saturated heterocycles. The zero-order chi connectivity index (χ0) is 40.8. The molecule has 288 valence electrons. The third kappa shape index (κ3) is 10.3. The average Bonchev–Trinajstić information content (AvgIpc) is 3.51. The molecule has 1 heterocycles. The Labute approximate surface area is 329 Å². The summed E-state index contributed by atoms with van der Waals surface area (Å²) in [5, 5.41) is 11.1. The number of halogens is 5. The number of aromatic nitrogens is 1. The molecule has 6 aromatic rings. The van der Waals surface area contributed by atoms with Crippen LogP contribution in [0.5, 0.6) is 5.75 Å². The van der Waals surface area contributed by atoms with Crippen molar-refractivity contribution in [3.63, 3.8) is 0 Å². The Morgan fingerprint density at radius 1 is 0.564 bits per heavy atom. The molecule has 9 heteroatoms. The standard InChI is InChI=1S/C24H26O.C10H12.C6F5N.C6H9N.Mo/c1-14-10-16(3)22(17(4)11-14)20-8-7-9-21(24(20)25)23-18(5)12-15(2)13-19(23)6;1-10(2,3)9-7-5-4-6-8-9;7-1-2(8)4(10)6(12)5(11)3(1)9;1-5-3-4-6(2)7-5;/h7-13,25H,1-6H3;1,4-8H,2-3H3;;3-4,7H,1-2H3;. The number of hydrogen-bond acceptors (Lipinski definition) is 2. The monoisotopic (exact) mass is 836 g/mol. The van der Waals surface area contributed by atoms with Gasteiger partial charge in [0.05, 0.1) is 0 Å². The molecule has 5 aromatic carbocycles. The van der Waals surface area contributed by atoms with Crippen molar-refractivity contribution in [3.8, 4) is 28.0 Å². The van der Waals surface area contributed by atoms with E-state index in [4.69, 9.17) is 0 Å². The minimum atomic E-state index is -2.17. The zero-order valence-electron chi connectivity index (χ0n) is 32.9. The predicted molar refractivity (Wildman–Crippen MR) is 212 cm³/mol. The molecule has 0 fully saturated rings. The van der Waals surface area contributed by atoms with Crippen molar-refractivity contribution >= 4 is 10.1 Å². The maximum atomic E-state index is 13.5. The van der Waals surface area contributed by atoms with Crippen LogP contribution in [0.15, 0.2) is 88.4 Å². The molecule has 0 aliphatic rings. The number of aryl methyl sites for hydroxylation is 8. The van der Waals surface area contributed by atoms with Gasteiger partial charge in [-0.25, -0.2) is 0 Å². The molecule has 55 heavy (non-hydrogen) atoms. The van der Waals surface area contributed by atoms with Gasteiger partial charge in [0.15, 0.2) is 0 Å². The van der Waals surface area contributed by atoms with Crippen molar-refractivity contribution < 1.29 is 45.0 Å². The topological polar surface area (TPSA) is 48.4 Å². The van der Waals surface area contributed by atoms with Crippen molar-refractivity contribution in [2.75, 3.05) is 0 Å². The summed E-state index contributed by atoms with van der Waals surface area (Å²) in [6.45, 7) is 20.6. The minimum absolute atomic E-state index is 0.368. The maximum absolute atomic E-state index is 13.5. The fraction of sp³-hybridized carbons (Fsp3) is 0.239. The second-order valence-electron chi connectivity index (χ2n) is 14.4. The summed E-state index contributed by atoms with van der Waals surface area (Å²) in [4.78, 5) is 3.14. The van der Waals surface area contributed by atoms with E-state index in [0.717, 1.165) is 27.8 Å². The van der Waals surface area contributed by atoms with Crippen LogP contribution >= 0.6 is 0 Å². The number of nitrogens with one attached hydrogen (secondary N) is 1. The molecule has 1 aromatic heterocycles. The molecule has 0 aliphatic heterocycles. The van der Waals surface area contributed by atoms with E-state index in [0.29, 0.717) is 5.75 Å². The quantitative estimate of drug-likeness (QED) is 0.0773. The number of phenolic OH excluding ortho intramolecular Hbond substituents is 1. The number of rotatable bonds is 5. The van der Waals surface area contributed by atoms with E-state index in [2.05, 4.69) is 86.4 Å². The van der Waals surface area contributed by atoms with Gasteiger partial charge in [0.1, 0.15) is 5.75 Å². The number of phenols is 1. The Hall–Kier alpha value is -4.81. The number of hydrogen-bond donors (Lipinski definition) is 2. The second kappa shape index (κ2) is 18.2. The van der Waals surface area contributed by atoms with Crippen LogP contribution in [0, 0.1) is 84.5 Å². The van der Waals surface area contributed by atoms with Crippen molar-refractivity contribution in [1.82, 2.24) is 4.98 Å². The summed E-state index contributed by atoms with van der Waals surface area (Å²) in [6, 6.07) is 28.3. The van der Waals surface area contributed by atoms with Crippen molar-refractivity contribution in [3.05, 3.63) is 164 Å². The molecule has 0 unspecified atom stereocenters. The molecular formula is C46H47F5MoN2O. The van der Waals surface area contributed by atoms with E-state index in [1.807, 2.05) is 76.2 Å². The molecule has 0 aliphatic carbocycles. The van der Waals surface area contributed by atoms with Crippen LogP contribution in [0.1, 0.15) is 64.2 Å². The van der Waals surface area contributed by atoms with E-state index >= 15 is 0 Å². The summed E-state index contributed by atoms with van der Waals surface area (Å²) in [6.07, 6.45) is 0. The summed E-state index contributed by atoms with van der Waals surface area (Å²) in [7, 11) is 0. The Kier molecular flexibility index (Phi) is 14.2. The molecule has 2 N–H and O–H groups in total. The number of nitrogens with zero attached hydrogens (tertiary/aromatic N) is 1. The zero-order valence-corrected chi connectivity index (χ0v) is 34.9. The van der Waals surface area contributed by atoms with Crippen molar-refractivity contribution in [2.24, 2.45) is 3.50 Å². The average molecular weight is 835 g/mol. The normalized spacial score (nSPS) is 10.9. The van der Waals surface area contributed by atoms with E-state index in [1.54, 1.807) is 4.40 Å². The smallest absolute Gasteiger partial charge is 0.131 e. The van der Waals surface area contributed by atoms with Crippen LogP contribution in [0.3, 0.4) is 0 Å². The van der Waals surface area contributed by atoms with Gasteiger partial charge < -0.3 is 10.1 Å². The molecule has 3 nitrogen and oxygen atoms in total. The summed E-state index contributed by atoms with van der Waals surface area (Å²) < 4.78 is 71.7. The SMILES string of the molecule is CC(C)([CH]=[Mo]=[N]c1c(F)c(F)c(F)c(F)c1F)c1ccccc1.Cc1cc(C)c(-c2cccc(-c3c(C)cc(C)cc3C)c2O)c(C)c1.Cc1ccc(C)[nH]1. The number of H-pyrrole nitrogens is 1. The van der Waals surface area contributed by atoms with E-state index in [1.165, 1.54) is 44.8 Å². The molecule has 0 atom stereocenters. The summed E-state index contributed by atoms with van der Waals surface area (Å²) >= 11 is -1.47. The Morgan fingerprint density at radius 3 is 1.35 bits per heavy atom. The van der Waals surface area contributed by atoms with E-state index < -0.39 is 58.1 Å². The fourth-order valence-electron chi connectivity index (χ4n) is 6.62. The first kappa shape index (κ1) is 42.9. The Morgan fingerprint density at radius 2 is 0.964 bits per heavy atom. The Balaban J connectivity index is 0.000000208. The van der Waals surface area contributed by atoms with Crippen LogP contribution in [0.2, 0.25) is 0 Å². The fourth-order valence-corrected chi connectivity index (χ4v) is 8.39. The molecule has 0 amide bonds. The summed E-state index contributed by atoms with van der Waals surface area (Å²) in [5.74, 6) is -9.54. The molecule has 0 bridgehead atoms. The van der Waals surface area contributed by atoms with Gasteiger partial charge in [-0.05, 0) is 101 Å². The molecular weight excluding hydrogens is 787 g/mol. The van der Waals surface area contributed by atoms with Gasteiger partial charge in [0.2, 0.25) is 0 Å². The third-order valence-electron chi connectivity index (χ3n) is 9.10. The van der Waals surface area contributed by atoms with Crippen LogP contribution in [-0.2, 0) is 23.3 Å². The maximum Gasteiger partial charge on any atom is 0.131 e. The molecule has 0 spiro atoms. The predicted octanol–water partition coefficient (Wildman–Crippen LogP) is 13.3. The van der Waals surface area contributed by atoms with E-state index in [-0.39, 0.29) is 0 Å². The van der Waals surface area contributed by atoms with Gasteiger partial charge in [-0.15, -0.1) is 0 Å². The molecule has 0 radical (unpaired) electrons. The first-order valence-electron chi connectivity index (χ1n) is 17.7. The van der Waals surface area contributed by atoms with Crippen LogP contribution in [0.4, 0.5) is 27.6 Å². The van der Waals surface area contributed by atoms with Crippen molar-refractivity contribution in [2.45, 2.75) is 74.7 Å². The number of aromatic hydroxyl groups is 1. The number of aromatic amines is 1. The van der Waals surface area contributed by atoms with Gasteiger partial charge in [0, 0.05) is 22.5 Å². The van der Waals surface area contributed by atoms with Gasteiger partial charge in [-0.2, -0.15) is 0 Å². The van der Waals surface area contributed by atoms with Gasteiger partial charge >= 0.3 is 138 Å². The second-order valence-corrected chi connectivity index (χ2v) is 15.9. The van der Waals surface area contributed by atoms with Crippen molar-refractivity contribution in [1.29, 1.82) is 0 Å². The first-order chi connectivity index (χ1) is 25.8. The minimum Gasteiger partial charge on any atom is -0.507 e. The largest absolute Gasteiger partial charge is 0.507 e. The van der Waals surface area contributed by atoms with Crippen LogP contribution < -0.4 is 0 Å². The number of para-hydroxylation sites is 1. The van der Waals surface area contributed by atoms with Gasteiger partial charge in [-0.1, -0.05) is 53.6 Å². The van der Waals surface area contributed by atoms with Gasteiger partial charge in [-0.3, -0.25) is 0 Å². The first-order valence-corrected chi connectivity index (χ1v) is 19.8. The Bertz CT molecular complexity index is 2220. The van der Waals surface area contributed by atoms with Gasteiger partial charge in [0.25, 0.3) is 0 Å².